The molecule has 0 bridgehead atoms. The van der Waals surface area contributed by atoms with Crippen LogP contribution in [0.3, 0.4) is 0 Å². The van der Waals surface area contributed by atoms with Crippen LogP contribution in [0.25, 0.3) is 0 Å². The normalized spacial score (nSPS) is 12.2. The standard InChI is InChI=1S/C14H10F2O2/c15-11-6-4-9(5-7-11)13(17)14(18)10-2-1-3-12(16)8-10/h1-8,14,18H. The van der Waals surface area contributed by atoms with Crippen molar-refractivity contribution < 1.29 is 18.7 Å². The van der Waals surface area contributed by atoms with Crippen LogP contribution in [-0.2, 0) is 0 Å². The molecule has 2 rings (SSSR count). The van der Waals surface area contributed by atoms with Crippen molar-refractivity contribution in [3.8, 4) is 0 Å². The smallest absolute Gasteiger partial charge is 0.195 e. The molecule has 0 aliphatic rings. The van der Waals surface area contributed by atoms with Gasteiger partial charge in [0.05, 0.1) is 0 Å². The average molecular weight is 248 g/mol. The minimum atomic E-state index is -1.45. The van der Waals surface area contributed by atoms with Crippen LogP contribution < -0.4 is 0 Å². The Morgan fingerprint density at radius 3 is 2.28 bits per heavy atom. The predicted octanol–water partition coefficient (Wildman–Crippen LogP) is 2.88. The number of hydrogen-bond acceptors (Lipinski definition) is 2. The number of benzene rings is 2. The molecule has 0 saturated carbocycles. The average Bonchev–Trinajstić information content (AvgIpc) is 2.38. The van der Waals surface area contributed by atoms with E-state index in [1.807, 2.05) is 0 Å². The molecule has 1 unspecified atom stereocenters. The van der Waals surface area contributed by atoms with Gasteiger partial charge in [0.15, 0.2) is 5.78 Å². The van der Waals surface area contributed by atoms with Crippen molar-refractivity contribution in [2.24, 2.45) is 0 Å². The predicted molar refractivity (Wildman–Crippen MR) is 62.1 cm³/mol. The Labute approximate surface area is 103 Å². The number of aliphatic hydroxyl groups is 1. The Balaban J connectivity index is 2.26. The summed E-state index contributed by atoms with van der Waals surface area (Å²) in [7, 11) is 0. The third kappa shape index (κ3) is 2.60. The van der Waals surface area contributed by atoms with Crippen LogP contribution in [0.4, 0.5) is 8.78 Å². The third-order valence-corrected chi connectivity index (χ3v) is 2.54. The lowest BCUT2D eigenvalue weighted by Crippen LogP contribution is -2.12. The first-order chi connectivity index (χ1) is 8.58. The van der Waals surface area contributed by atoms with Crippen LogP contribution in [0.15, 0.2) is 48.5 Å². The highest BCUT2D eigenvalue weighted by Gasteiger charge is 2.19. The summed E-state index contributed by atoms with van der Waals surface area (Å²) in [5.41, 5.74) is 0.345. The number of ketones is 1. The Bertz CT molecular complexity index is 564. The number of carbonyl (C=O) groups is 1. The highest BCUT2D eigenvalue weighted by molar-refractivity contribution is 5.99. The molecule has 18 heavy (non-hydrogen) atoms. The summed E-state index contributed by atoms with van der Waals surface area (Å²) in [5, 5.41) is 9.83. The van der Waals surface area contributed by atoms with Crippen LogP contribution in [0.2, 0.25) is 0 Å². The van der Waals surface area contributed by atoms with Gasteiger partial charge in [-0.25, -0.2) is 8.78 Å². The van der Waals surface area contributed by atoms with Crippen molar-refractivity contribution in [3.63, 3.8) is 0 Å². The Morgan fingerprint density at radius 1 is 1.00 bits per heavy atom. The first-order valence-electron chi connectivity index (χ1n) is 5.31. The summed E-state index contributed by atoms with van der Waals surface area (Å²) in [6.07, 6.45) is -1.45. The highest BCUT2D eigenvalue weighted by Crippen LogP contribution is 2.19. The van der Waals surface area contributed by atoms with Crippen LogP contribution in [0.5, 0.6) is 0 Å². The molecule has 4 heteroatoms. The van der Waals surface area contributed by atoms with Crippen LogP contribution in [0, 0.1) is 11.6 Å². The van der Waals surface area contributed by atoms with Crippen LogP contribution in [0.1, 0.15) is 22.0 Å². The molecule has 92 valence electrons. The van der Waals surface area contributed by atoms with Gasteiger partial charge in [0, 0.05) is 5.56 Å². The topological polar surface area (TPSA) is 37.3 Å². The Morgan fingerprint density at radius 2 is 1.67 bits per heavy atom. The molecule has 2 aromatic carbocycles. The number of aliphatic hydroxyl groups excluding tert-OH is 1. The molecule has 0 aromatic heterocycles. The zero-order valence-corrected chi connectivity index (χ0v) is 9.31. The number of halogens is 2. The van der Waals surface area contributed by atoms with Gasteiger partial charge in [-0.1, -0.05) is 12.1 Å². The van der Waals surface area contributed by atoms with Gasteiger partial charge in [-0.15, -0.1) is 0 Å². The molecule has 0 spiro atoms. The van der Waals surface area contributed by atoms with Crippen LogP contribution >= 0.6 is 0 Å². The van der Waals surface area contributed by atoms with E-state index in [9.17, 15) is 18.7 Å². The molecular formula is C14H10F2O2. The van der Waals surface area contributed by atoms with Gasteiger partial charge >= 0.3 is 0 Å². The minimum Gasteiger partial charge on any atom is -0.380 e. The van der Waals surface area contributed by atoms with E-state index in [1.165, 1.54) is 30.3 Å². The van der Waals surface area contributed by atoms with E-state index >= 15 is 0 Å². The fourth-order valence-electron chi connectivity index (χ4n) is 1.60. The fraction of sp³-hybridized carbons (Fsp3) is 0.0714. The van der Waals surface area contributed by atoms with Gasteiger partial charge < -0.3 is 5.11 Å². The van der Waals surface area contributed by atoms with Crippen molar-refractivity contribution >= 4 is 5.78 Å². The molecule has 2 nitrogen and oxygen atoms in total. The molecule has 0 aliphatic carbocycles. The summed E-state index contributed by atoms with van der Waals surface area (Å²) in [6, 6.07) is 9.99. The second-order valence-corrected chi connectivity index (χ2v) is 3.83. The van der Waals surface area contributed by atoms with Crippen molar-refractivity contribution in [3.05, 3.63) is 71.3 Å². The summed E-state index contributed by atoms with van der Waals surface area (Å²) in [6.45, 7) is 0. The molecule has 0 saturated heterocycles. The van der Waals surface area contributed by atoms with Gasteiger partial charge in [-0.2, -0.15) is 0 Å². The van der Waals surface area contributed by atoms with E-state index in [0.717, 1.165) is 18.2 Å². The second kappa shape index (κ2) is 5.06. The lowest BCUT2D eigenvalue weighted by Gasteiger charge is -2.10. The molecule has 1 N–H and O–H groups in total. The van der Waals surface area contributed by atoms with E-state index in [-0.39, 0.29) is 11.1 Å². The monoisotopic (exact) mass is 248 g/mol. The molecule has 1 atom stereocenters. The highest BCUT2D eigenvalue weighted by atomic mass is 19.1. The van der Waals surface area contributed by atoms with Crippen LogP contribution in [-0.4, -0.2) is 10.9 Å². The molecule has 0 aliphatic heterocycles. The zero-order valence-electron chi connectivity index (χ0n) is 9.31. The number of Topliss-reactive ketones (excluding diaryl/α,β-unsaturated/α-hetero) is 1. The van der Waals surface area contributed by atoms with E-state index in [1.54, 1.807) is 0 Å². The minimum absolute atomic E-state index is 0.171. The molecule has 0 amide bonds. The molecule has 2 aromatic rings. The lowest BCUT2D eigenvalue weighted by molar-refractivity contribution is 0.0747. The Hall–Kier alpha value is -2.07. The summed E-state index contributed by atoms with van der Waals surface area (Å²) in [4.78, 5) is 11.9. The largest absolute Gasteiger partial charge is 0.380 e. The zero-order chi connectivity index (χ0) is 13.1. The summed E-state index contributed by atoms with van der Waals surface area (Å²) in [5.74, 6) is -1.59. The van der Waals surface area contributed by atoms with E-state index in [2.05, 4.69) is 0 Å². The first kappa shape index (κ1) is 12.4. The SMILES string of the molecule is O=C(c1ccc(F)cc1)C(O)c1cccc(F)c1. The summed E-state index contributed by atoms with van der Waals surface area (Å²) < 4.78 is 25.7. The fourth-order valence-corrected chi connectivity index (χ4v) is 1.60. The van der Waals surface area contributed by atoms with Crippen molar-refractivity contribution in [1.82, 2.24) is 0 Å². The van der Waals surface area contributed by atoms with Gasteiger partial charge in [-0.3, -0.25) is 4.79 Å². The number of rotatable bonds is 3. The second-order valence-electron chi connectivity index (χ2n) is 3.83. The maximum atomic E-state index is 13.0. The molecular weight excluding hydrogens is 238 g/mol. The van der Waals surface area contributed by atoms with Crippen molar-refractivity contribution in [1.29, 1.82) is 0 Å². The maximum absolute atomic E-state index is 13.0. The van der Waals surface area contributed by atoms with Gasteiger partial charge in [0.1, 0.15) is 17.7 Å². The maximum Gasteiger partial charge on any atom is 0.195 e. The third-order valence-electron chi connectivity index (χ3n) is 2.54. The molecule has 0 heterocycles. The summed E-state index contributed by atoms with van der Waals surface area (Å²) >= 11 is 0. The molecule has 0 radical (unpaired) electrons. The van der Waals surface area contributed by atoms with Gasteiger partial charge in [0.25, 0.3) is 0 Å². The van der Waals surface area contributed by atoms with E-state index in [0.29, 0.717) is 0 Å². The van der Waals surface area contributed by atoms with Gasteiger partial charge in [0.2, 0.25) is 0 Å². The van der Waals surface area contributed by atoms with Crippen molar-refractivity contribution in [2.75, 3.05) is 0 Å². The number of carbonyl (C=O) groups excluding carboxylic acids is 1. The number of hydrogen-bond donors (Lipinski definition) is 1. The van der Waals surface area contributed by atoms with Gasteiger partial charge in [-0.05, 0) is 42.0 Å². The molecule has 0 fully saturated rings. The lowest BCUT2D eigenvalue weighted by atomic mass is 10.00. The van der Waals surface area contributed by atoms with Crippen molar-refractivity contribution in [2.45, 2.75) is 6.10 Å². The quantitative estimate of drug-likeness (QED) is 0.848. The van der Waals surface area contributed by atoms with E-state index in [4.69, 9.17) is 0 Å². The van der Waals surface area contributed by atoms with E-state index < -0.39 is 23.5 Å². The first-order valence-corrected chi connectivity index (χ1v) is 5.31. The Kier molecular flexibility index (Phi) is 3.48.